The minimum atomic E-state index is 0.419. The Morgan fingerprint density at radius 3 is 2.77 bits per heavy atom. The van der Waals surface area contributed by atoms with Crippen molar-refractivity contribution in [3.8, 4) is 0 Å². The molecule has 3 heterocycles. The first-order chi connectivity index (χ1) is 14.8. The third-order valence-electron chi connectivity index (χ3n) is 6.31. The van der Waals surface area contributed by atoms with Gasteiger partial charge in [-0.1, -0.05) is 30.7 Å². The minimum absolute atomic E-state index is 0.419. The summed E-state index contributed by atoms with van der Waals surface area (Å²) in [5, 5.41) is 6.07. The molecule has 0 saturated heterocycles. The number of para-hydroxylation sites is 2. The predicted octanol–water partition coefficient (Wildman–Crippen LogP) is 5.80. The van der Waals surface area contributed by atoms with Gasteiger partial charge in [0.15, 0.2) is 0 Å². The summed E-state index contributed by atoms with van der Waals surface area (Å²) in [4.78, 5) is 17.6. The smallest absolute Gasteiger partial charge is 0.110 e. The van der Waals surface area contributed by atoms with Crippen LogP contribution in [0.1, 0.15) is 37.4 Å². The zero-order chi connectivity index (χ0) is 19.9. The van der Waals surface area contributed by atoms with Crippen LogP contribution in [0.2, 0.25) is 0 Å². The molecule has 1 aliphatic rings. The summed E-state index contributed by atoms with van der Waals surface area (Å²) < 4.78 is 0. The van der Waals surface area contributed by atoms with Crippen LogP contribution in [0.15, 0.2) is 67.0 Å². The lowest BCUT2D eigenvalue weighted by molar-refractivity contribution is 0.401. The van der Waals surface area contributed by atoms with Gasteiger partial charge in [-0.05, 0) is 49.6 Å². The number of anilines is 1. The van der Waals surface area contributed by atoms with Crippen molar-refractivity contribution in [2.75, 3.05) is 5.32 Å². The lowest BCUT2D eigenvalue weighted by Gasteiger charge is -2.29. The Balaban J connectivity index is 1.30. The van der Waals surface area contributed by atoms with E-state index in [9.17, 15) is 0 Å². The van der Waals surface area contributed by atoms with Crippen LogP contribution >= 0.6 is 0 Å². The summed E-state index contributed by atoms with van der Waals surface area (Å²) >= 11 is 0. The van der Waals surface area contributed by atoms with Gasteiger partial charge in [-0.25, -0.2) is 4.98 Å². The van der Waals surface area contributed by atoms with E-state index in [-0.39, 0.29) is 0 Å². The maximum Gasteiger partial charge on any atom is 0.110 e. The van der Waals surface area contributed by atoms with Crippen LogP contribution in [0.4, 0.5) is 5.69 Å². The number of pyridine rings is 2. The van der Waals surface area contributed by atoms with Crippen LogP contribution in [-0.4, -0.2) is 26.0 Å². The second-order valence-electron chi connectivity index (χ2n) is 8.24. The van der Waals surface area contributed by atoms with E-state index < -0.39 is 0 Å². The Labute approximate surface area is 174 Å². The normalized spacial score (nSPS) is 19.5. The van der Waals surface area contributed by atoms with E-state index in [4.69, 9.17) is 4.98 Å². The van der Waals surface area contributed by atoms with Crippen molar-refractivity contribution in [1.82, 2.24) is 19.9 Å². The molecule has 0 radical (unpaired) electrons. The molecule has 1 fully saturated rings. The minimum Gasteiger partial charge on any atom is -0.382 e. The molecule has 6 rings (SSSR count). The summed E-state index contributed by atoms with van der Waals surface area (Å²) in [7, 11) is 0. The number of benzene rings is 2. The molecule has 3 aromatic heterocycles. The van der Waals surface area contributed by atoms with Crippen molar-refractivity contribution in [1.29, 1.82) is 0 Å². The van der Waals surface area contributed by atoms with E-state index >= 15 is 0 Å². The third-order valence-corrected chi connectivity index (χ3v) is 6.31. The van der Waals surface area contributed by atoms with E-state index in [1.54, 1.807) is 0 Å². The van der Waals surface area contributed by atoms with Crippen molar-refractivity contribution >= 4 is 38.5 Å². The molecule has 2 unspecified atom stereocenters. The van der Waals surface area contributed by atoms with Crippen molar-refractivity contribution in [2.45, 2.75) is 37.6 Å². The molecule has 30 heavy (non-hydrogen) atoms. The number of hydrogen-bond donors (Lipinski definition) is 2. The van der Waals surface area contributed by atoms with Gasteiger partial charge >= 0.3 is 0 Å². The lowest BCUT2D eigenvalue weighted by Crippen LogP contribution is -2.27. The highest BCUT2D eigenvalue weighted by atomic mass is 15.0. The Bertz CT molecular complexity index is 1320. The number of fused-ring (bicyclic) bond motifs is 4. The van der Waals surface area contributed by atoms with Gasteiger partial charge < -0.3 is 10.3 Å². The molecule has 2 N–H and O–H groups in total. The Morgan fingerprint density at radius 2 is 1.80 bits per heavy atom. The molecule has 0 bridgehead atoms. The molecule has 5 heteroatoms. The maximum atomic E-state index is 4.86. The molecule has 0 aliphatic heterocycles. The number of imidazole rings is 1. The largest absolute Gasteiger partial charge is 0.382 e. The van der Waals surface area contributed by atoms with E-state index in [1.165, 1.54) is 19.3 Å². The summed E-state index contributed by atoms with van der Waals surface area (Å²) in [6.07, 6.45) is 8.36. The zero-order valence-corrected chi connectivity index (χ0v) is 16.7. The van der Waals surface area contributed by atoms with E-state index in [0.717, 1.165) is 50.8 Å². The van der Waals surface area contributed by atoms with Crippen LogP contribution < -0.4 is 5.32 Å². The number of nitrogens with zero attached hydrogens (tertiary/aromatic N) is 3. The molecule has 2 aromatic carbocycles. The topological polar surface area (TPSA) is 66.5 Å². The van der Waals surface area contributed by atoms with Gasteiger partial charge in [0.25, 0.3) is 0 Å². The second-order valence-corrected chi connectivity index (χ2v) is 8.24. The van der Waals surface area contributed by atoms with Gasteiger partial charge in [0.05, 0.1) is 22.1 Å². The summed E-state index contributed by atoms with van der Waals surface area (Å²) in [5.41, 5.74) is 5.25. The lowest BCUT2D eigenvalue weighted by atomic mass is 9.85. The van der Waals surface area contributed by atoms with Crippen molar-refractivity contribution in [3.05, 3.63) is 72.8 Å². The Hall–Kier alpha value is -3.47. The maximum absolute atomic E-state index is 4.86. The number of aromatic amines is 1. The Kier molecular flexibility index (Phi) is 4.11. The molecule has 0 amide bonds. The fraction of sp³-hybridized carbons (Fsp3) is 0.240. The van der Waals surface area contributed by atoms with Gasteiger partial charge in [0.1, 0.15) is 5.82 Å². The number of hydrogen-bond acceptors (Lipinski definition) is 4. The van der Waals surface area contributed by atoms with E-state index in [2.05, 4.69) is 62.7 Å². The van der Waals surface area contributed by atoms with Gasteiger partial charge in [-0.2, -0.15) is 0 Å². The molecule has 148 valence electrons. The number of nitrogens with one attached hydrogen (secondary N) is 2. The zero-order valence-electron chi connectivity index (χ0n) is 16.7. The van der Waals surface area contributed by atoms with Crippen molar-refractivity contribution in [3.63, 3.8) is 0 Å². The van der Waals surface area contributed by atoms with Crippen molar-refractivity contribution in [2.24, 2.45) is 0 Å². The van der Waals surface area contributed by atoms with Crippen LogP contribution in [0.3, 0.4) is 0 Å². The van der Waals surface area contributed by atoms with Crippen LogP contribution in [0, 0.1) is 0 Å². The third kappa shape index (κ3) is 2.98. The monoisotopic (exact) mass is 393 g/mol. The van der Waals surface area contributed by atoms with Gasteiger partial charge in [0, 0.05) is 40.8 Å². The Morgan fingerprint density at radius 1 is 0.867 bits per heavy atom. The fourth-order valence-corrected chi connectivity index (χ4v) is 4.83. The number of H-pyrrole nitrogens is 1. The molecule has 0 spiro atoms. The van der Waals surface area contributed by atoms with E-state index in [1.807, 2.05) is 24.5 Å². The molecule has 5 aromatic rings. The SMILES string of the molecule is c1cnc2c(c1)ccc1c(NC3CCCC(c4nc5ccccc5[nH]4)C3)ccnc12. The molecule has 2 atom stereocenters. The summed E-state index contributed by atoms with van der Waals surface area (Å²) in [6, 6.07) is 19.1. The molecule has 5 nitrogen and oxygen atoms in total. The summed E-state index contributed by atoms with van der Waals surface area (Å²) in [5.74, 6) is 1.58. The van der Waals surface area contributed by atoms with Crippen LogP contribution in [0.25, 0.3) is 32.8 Å². The molecular formula is C25H23N5. The second kappa shape index (κ2) is 7.10. The first kappa shape index (κ1) is 17.4. The highest BCUT2D eigenvalue weighted by molar-refractivity contribution is 6.07. The first-order valence-corrected chi connectivity index (χ1v) is 10.7. The highest BCUT2D eigenvalue weighted by Gasteiger charge is 2.26. The van der Waals surface area contributed by atoms with Gasteiger partial charge in [0.2, 0.25) is 0 Å². The van der Waals surface area contributed by atoms with Crippen LogP contribution in [-0.2, 0) is 0 Å². The number of rotatable bonds is 3. The summed E-state index contributed by atoms with van der Waals surface area (Å²) in [6.45, 7) is 0. The predicted molar refractivity (Wildman–Crippen MR) is 122 cm³/mol. The average molecular weight is 393 g/mol. The first-order valence-electron chi connectivity index (χ1n) is 10.7. The molecule has 1 saturated carbocycles. The average Bonchev–Trinajstić information content (AvgIpc) is 3.24. The quantitative estimate of drug-likeness (QED) is 0.380. The van der Waals surface area contributed by atoms with Gasteiger partial charge in [-0.15, -0.1) is 0 Å². The molecule has 1 aliphatic carbocycles. The highest BCUT2D eigenvalue weighted by Crippen LogP contribution is 2.35. The fourth-order valence-electron chi connectivity index (χ4n) is 4.83. The number of aromatic nitrogens is 4. The van der Waals surface area contributed by atoms with Crippen LogP contribution in [0.5, 0.6) is 0 Å². The van der Waals surface area contributed by atoms with Crippen molar-refractivity contribution < 1.29 is 0 Å². The van der Waals surface area contributed by atoms with E-state index in [0.29, 0.717) is 12.0 Å². The van der Waals surface area contributed by atoms with Gasteiger partial charge in [-0.3, -0.25) is 9.97 Å². The standard InChI is InChI=1S/C25H23N5/c1-2-9-22-21(8-1)29-25(30-22)17-5-3-7-18(15-17)28-20-12-14-27-24-19(20)11-10-16-6-4-13-26-23(16)24/h1-2,4,6,8-14,17-18H,3,5,7,15H2,(H,27,28)(H,29,30). The molecular weight excluding hydrogens is 370 g/mol.